The zero-order valence-corrected chi connectivity index (χ0v) is 23.2. The van der Waals surface area contributed by atoms with Crippen LogP contribution in [0.15, 0.2) is 170 Å². The number of hydrogen-bond donors (Lipinski definition) is 0. The number of allylic oxidation sites excluding steroid dienone is 3. The van der Waals surface area contributed by atoms with Crippen molar-refractivity contribution in [1.29, 1.82) is 0 Å². The molecule has 0 radical (unpaired) electrons. The van der Waals surface area contributed by atoms with Crippen LogP contribution in [-0.4, -0.2) is 0 Å². The normalized spacial score (nSPS) is 11.3. The molecular weight excluding hydrogens is 496 g/mol. The van der Waals surface area contributed by atoms with Crippen molar-refractivity contribution in [3.05, 3.63) is 176 Å². The first-order valence-electron chi connectivity index (χ1n) is 13.9. The number of benzene rings is 6. The Balaban J connectivity index is 1.47. The zero-order chi connectivity index (χ0) is 28.0. The quantitative estimate of drug-likeness (QED) is 0.181. The van der Waals surface area contributed by atoms with Gasteiger partial charge in [0.25, 0.3) is 0 Å². The molecule has 6 aromatic rings. The van der Waals surface area contributed by atoms with Crippen LogP contribution in [0.25, 0.3) is 16.3 Å². The van der Waals surface area contributed by atoms with Gasteiger partial charge in [-0.1, -0.05) is 104 Å². The van der Waals surface area contributed by atoms with Crippen LogP contribution in [0, 0.1) is 0 Å². The van der Waals surface area contributed by atoms with Gasteiger partial charge in [-0.15, -0.1) is 0 Å². The Bertz CT molecular complexity index is 1740. The molecule has 0 aliphatic rings. The van der Waals surface area contributed by atoms with Gasteiger partial charge in [0.2, 0.25) is 0 Å². The number of nitrogens with zero attached hydrogens (tertiary/aromatic N) is 2. The van der Waals surface area contributed by atoms with Gasteiger partial charge in [-0.25, -0.2) is 0 Å². The molecule has 0 amide bonds. The lowest BCUT2D eigenvalue weighted by Gasteiger charge is -2.29. The molecule has 41 heavy (non-hydrogen) atoms. The van der Waals surface area contributed by atoms with E-state index >= 15 is 0 Å². The minimum absolute atomic E-state index is 1.09. The summed E-state index contributed by atoms with van der Waals surface area (Å²) in [5.74, 6) is 0. The molecule has 2 nitrogen and oxygen atoms in total. The molecule has 0 N–H and O–H groups in total. The van der Waals surface area contributed by atoms with Crippen LogP contribution >= 0.6 is 0 Å². The van der Waals surface area contributed by atoms with Gasteiger partial charge in [-0.2, -0.15) is 0 Å². The summed E-state index contributed by atoms with van der Waals surface area (Å²) in [7, 11) is 0. The Hall–Kier alpha value is -5.34. The summed E-state index contributed by atoms with van der Waals surface area (Å²) in [6, 6.07) is 53.7. The second kappa shape index (κ2) is 11.8. The molecule has 6 rings (SSSR count). The fourth-order valence-electron chi connectivity index (χ4n) is 5.39. The van der Waals surface area contributed by atoms with Crippen LogP contribution in [0.2, 0.25) is 0 Å². The largest absolute Gasteiger partial charge is 0.311 e. The van der Waals surface area contributed by atoms with Gasteiger partial charge in [-0.05, 0) is 90.2 Å². The van der Waals surface area contributed by atoms with Gasteiger partial charge in [-0.3, -0.25) is 0 Å². The summed E-state index contributed by atoms with van der Waals surface area (Å²) in [6.45, 7) is 6.02. The molecule has 6 aromatic carbocycles. The molecule has 0 heterocycles. The first-order valence-corrected chi connectivity index (χ1v) is 13.9. The molecule has 0 spiro atoms. The average Bonchev–Trinajstić information content (AvgIpc) is 3.04. The highest BCUT2D eigenvalue weighted by atomic mass is 15.2. The molecule has 0 atom stereocenters. The fourth-order valence-corrected chi connectivity index (χ4v) is 5.39. The van der Waals surface area contributed by atoms with E-state index in [-0.39, 0.29) is 0 Å². The van der Waals surface area contributed by atoms with Gasteiger partial charge in [0, 0.05) is 33.8 Å². The van der Waals surface area contributed by atoms with Crippen molar-refractivity contribution in [2.75, 3.05) is 9.80 Å². The van der Waals surface area contributed by atoms with E-state index in [0.29, 0.717) is 0 Å². The second-order valence-electron chi connectivity index (χ2n) is 9.85. The maximum Gasteiger partial charge on any atom is 0.0540 e. The summed E-state index contributed by atoms with van der Waals surface area (Å²) >= 11 is 0. The molecular formula is C39H32N2. The number of para-hydroxylation sites is 2. The Morgan fingerprint density at radius 3 is 1.51 bits per heavy atom. The van der Waals surface area contributed by atoms with E-state index in [1.807, 2.05) is 13.0 Å². The van der Waals surface area contributed by atoms with Crippen LogP contribution in [0.4, 0.5) is 34.1 Å². The third kappa shape index (κ3) is 5.28. The van der Waals surface area contributed by atoms with Crippen LogP contribution in [-0.2, 0) is 0 Å². The monoisotopic (exact) mass is 528 g/mol. The maximum absolute atomic E-state index is 3.98. The molecule has 0 bridgehead atoms. The summed E-state index contributed by atoms with van der Waals surface area (Å²) in [5, 5.41) is 2.42. The van der Waals surface area contributed by atoms with Crippen molar-refractivity contribution >= 4 is 50.5 Å². The van der Waals surface area contributed by atoms with Crippen molar-refractivity contribution in [3.8, 4) is 0 Å². The van der Waals surface area contributed by atoms with Crippen LogP contribution in [0.3, 0.4) is 0 Å². The third-order valence-corrected chi connectivity index (χ3v) is 7.39. The molecule has 2 heteroatoms. The SMILES string of the molecule is C=CC(=CC)c1ccc(N(c2ccc(N(c3ccccc3)c3ccccc3)cc2)c2cccc3ccccc23)cc1. The van der Waals surface area contributed by atoms with E-state index in [2.05, 4.69) is 174 Å². The first kappa shape index (κ1) is 25.9. The van der Waals surface area contributed by atoms with Gasteiger partial charge < -0.3 is 9.80 Å². The molecule has 0 aliphatic carbocycles. The molecule has 0 unspecified atom stereocenters. The summed E-state index contributed by atoms with van der Waals surface area (Å²) < 4.78 is 0. The zero-order valence-electron chi connectivity index (χ0n) is 23.2. The molecule has 0 aromatic heterocycles. The average molecular weight is 529 g/mol. The van der Waals surface area contributed by atoms with Crippen molar-refractivity contribution in [3.63, 3.8) is 0 Å². The molecule has 0 aliphatic heterocycles. The minimum atomic E-state index is 1.09. The first-order chi connectivity index (χ1) is 20.3. The van der Waals surface area contributed by atoms with Gasteiger partial charge in [0.15, 0.2) is 0 Å². The highest BCUT2D eigenvalue weighted by Gasteiger charge is 2.17. The topological polar surface area (TPSA) is 6.48 Å². The van der Waals surface area contributed by atoms with Gasteiger partial charge in [0.05, 0.1) is 5.69 Å². The lowest BCUT2D eigenvalue weighted by molar-refractivity contribution is 1.26. The van der Waals surface area contributed by atoms with E-state index in [1.165, 1.54) is 10.8 Å². The maximum atomic E-state index is 3.98. The van der Waals surface area contributed by atoms with Crippen molar-refractivity contribution < 1.29 is 0 Å². The highest BCUT2D eigenvalue weighted by Crippen LogP contribution is 2.41. The smallest absolute Gasteiger partial charge is 0.0540 e. The van der Waals surface area contributed by atoms with E-state index in [9.17, 15) is 0 Å². The summed E-state index contributed by atoms with van der Waals surface area (Å²) in [5.41, 5.74) is 8.95. The molecule has 0 saturated carbocycles. The lowest BCUT2D eigenvalue weighted by Crippen LogP contribution is -2.12. The van der Waals surface area contributed by atoms with Crippen molar-refractivity contribution in [2.24, 2.45) is 0 Å². The van der Waals surface area contributed by atoms with E-state index < -0.39 is 0 Å². The molecule has 0 saturated heterocycles. The Morgan fingerprint density at radius 2 is 0.951 bits per heavy atom. The highest BCUT2D eigenvalue weighted by molar-refractivity contribution is 5.99. The summed E-state index contributed by atoms with van der Waals surface area (Å²) in [4.78, 5) is 4.63. The summed E-state index contributed by atoms with van der Waals surface area (Å²) in [6.07, 6.45) is 4.00. The Labute approximate surface area is 242 Å². The Kier molecular flexibility index (Phi) is 7.46. The van der Waals surface area contributed by atoms with Gasteiger partial charge >= 0.3 is 0 Å². The number of rotatable bonds is 8. The third-order valence-electron chi connectivity index (χ3n) is 7.39. The molecule has 198 valence electrons. The van der Waals surface area contributed by atoms with Gasteiger partial charge in [0.1, 0.15) is 0 Å². The van der Waals surface area contributed by atoms with E-state index in [0.717, 1.165) is 45.3 Å². The lowest BCUT2D eigenvalue weighted by atomic mass is 10.0. The van der Waals surface area contributed by atoms with Crippen LogP contribution in [0.5, 0.6) is 0 Å². The number of anilines is 6. The van der Waals surface area contributed by atoms with Crippen LogP contribution in [0.1, 0.15) is 12.5 Å². The predicted octanol–water partition coefficient (Wildman–Crippen LogP) is 11.4. The van der Waals surface area contributed by atoms with Crippen LogP contribution < -0.4 is 9.80 Å². The number of hydrogen-bond acceptors (Lipinski definition) is 2. The van der Waals surface area contributed by atoms with E-state index in [4.69, 9.17) is 0 Å². The number of fused-ring (bicyclic) bond motifs is 1. The van der Waals surface area contributed by atoms with Crippen molar-refractivity contribution in [1.82, 2.24) is 0 Å². The van der Waals surface area contributed by atoms with Crippen molar-refractivity contribution in [2.45, 2.75) is 6.92 Å². The van der Waals surface area contributed by atoms with E-state index in [1.54, 1.807) is 0 Å². The second-order valence-corrected chi connectivity index (χ2v) is 9.85. The fraction of sp³-hybridized carbons (Fsp3) is 0.0256. The minimum Gasteiger partial charge on any atom is -0.311 e. The Morgan fingerprint density at radius 1 is 0.488 bits per heavy atom. The standard InChI is InChI=1S/C39H32N2/c1-3-30(4-2)31-22-24-36(25-23-31)41(39-21-13-15-32-14-11-12-20-38(32)39)37-28-26-35(27-29-37)40(33-16-7-5-8-17-33)34-18-9-6-10-19-34/h3-29H,1H2,2H3. The molecule has 0 fully saturated rings. The predicted molar refractivity (Wildman–Crippen MR) is 177 cm³/mol.